The van der Waals surface area contributed by atoms with E-state index < -0.39 is 0 Å². The fourth-order valence-corrected chi connectivity index (χ4v) is 1.83. The molecule has 2 nitrogen and oxygen atoms in total. The molecule has 0 aliphatic rings. The predicted molar refractivity (Wildman–Crippen MR) is 77.3 cm³/mol. The molecule has 18 heavy (non-hydrogen) atoms. The average Bonchev–Trinajstić information content (AvgIpc) is 2.35. The van der Waals surface area contributed by atoms with Gasteiger partial charge >= 0.3 is 0 Å². The molecule has 0 unspecified atom stereocenters. The van der Waals surface area contributed by atoms with E-state index in [4.69, 9.17) is 0 Å². The number of hydrogen-bond acceptors (Lipinski definition) is 2. The Balaban J connectivity index is 2.32. The van der Waals surface area contributed by atoms with Crippen LogP contribution in [0.15, 0.2) is 48.6 Å². The molecule has 0 atom stereocenters. The lowest BCUT2D eigenvalue weighted by molar-refractivity contribution is 0.101. The second kappa shape index (κ2) is 5.05. The van der Waals surface area contributed by atoms with Crippen LogP contribution in [-0.4, -0.2) is 12.3 Å². The molecule has 0 fully saturated rings. The van der Waals surface area contributed by atoms with E-state index in [1.54, 1.807) is 6.92 Å². The fraction of sp³-hybridized carbons (Fsp3) is 0.188. The molecule has 2 heteroatoms. The third-order valence-electron chi connectivity index (χ3n) is 2.84. The molecule has 0 spiro atoms. The molecule has 92 valence electrons. The topological polar surface area (TPSA) is 29.1 Å². The van der Waals surface area contributed by atoms with Gasteiger partial charge in [-0.3, -0.25) is 4.79 Å². The zero-order valence-electron chi connectivity index (χ0n) is 10.8. The summed E-state index contributed by atoms with van der Waals surface area (Å²) in [6.07, 6.45) is 0. The Morgan fingerprint density at radius 2 is 1.78 bits per heavy atom. The van der Waals surface area contributed by atoms with Gasteiger partial charge < -0.3 is 5.32 Å². The Morgan fingerprint density at radius 3 is 2.44 bits per heavy atom. The highest BCUT2D eigenvalue weighted by Gasteiger charge is 2.01. The Hall–Kier alpha value is -2.09. The highest BCUT2D eigenvalue weighted by atomic mass is 16.1. The van der Waals surface area contributed by atoms with Gasteiger partial charge in [-0.25, -0.2) is 0 Å². The van der Waals surface area contributed by atoms with Gasteiger partial charge in [0.25, 0.3) is 0 Å². The van der Waals surface area contributed by atoms with E-state index in [1.165, 1.54) is 0 Å². The van der Waals surface area contributed by atoms with Gasteiger partial charge in [-0.2, -0.15) is 0 Å². The van der Waals surface area contributed by atoms with Crippen LogP contribution in [0, 0.1) is 0 Å². The van der Waals surface area contributed by atoms with E-state index in [2.05, 4.69) is 18.0 Å². The molecule has 0 aromatic heterocycles. The second-order valence-electron chi connectivity index (χ2n) is 4.64. The van der Waals surface area contributed by atoms with Gasteiger partial charge in [0.2, 0.25) is 0 Å². The van der Waals surface area contributed by atoms with Gasteiger partial charge in [0.1, 0.15) is 0 Å². The van der Waals surface area contributed by atoms with Gasteiger partial charge in [0.15, 0.2) is 5.78 Å². The number of carbonyl (C=O) groups is 1. The Labute approximate surface area is 107 Å². The Bertz CT molecular complexity index is 614. The van der Waals surface area contributed by atoms with Crippen molar-refractivity contribution in [1.29, 1.82) is 0 Å². The summed E-state index contributed by atoms with van der Waals surface area (Å²) in [5, 5.41) is 5.52. The molecule has 0 aliphatic carbocycles. The summed E-state index contributed by atoms with van der Waals surface area (Å²) in [6, 6.07) is 11.9. The number of ketones is 1. The zero-order valence-corrected chi connectivity index (χ0v) is 10.8. The summed E-state index contributed by atoms with van der Waals surface area (Å²) >= 11 is 0. The number of rotatable bonds is 4. The van der Waals surface area contributed by atoms with Gasteiger partial charge in [-0.15, -0.1) is 0 Å². The molecule has 0 amide bonds. The van der Waals surface area contributed by atoms with Gasteiger partial charge in [-0.1, -0.05) is 30.4 Å². The lowest BCUT2D eigenvalue weighted by atomic mass is 10.0. The molecule has 0 saturated carbocycles. The third kappa shape index (κ3) is 2.77. The first-order chi connectivity index (χ1) is 8.56. The SMILES string of the molecule is C=C(C)CNc1ccc2cc(C(C)=O)ccc2c1. The maximum absolute atomic E-state index is 11.3. The lowest BCUT2D eigenvalue weighted by Crippen LogP contribution is -2.01. The summed E-state index contributed by atoms with van der Waals surface area (Å²) < 4.78 is 0. The van der Waals surface area contributed by atoms with E-state index in [9.17, 15) is 4.79 Å². The Morgan fingerprint density at radius 1 is 1.11 bits per heavy atom. The van der Waals surface area contributed by atoms with Crippen molar-refractivity contribution < 1.29 is 4.79 Å². The van der Waals surface area contributed by atoms with Crippen molar-refractivity contribution in [3.05, 3.63) is 54.1 Å². The highest BCUT2D eigenvalue weighted by Crippen LogP contribution is 2.21. The summed E-state index contributed by atoms with van der Waals surface area (Å²) in [4.78, 5) is 11.3. The number of hydrogen-bond donors (Lipinski definition) is 1. The molecule has 0 bridgehead atoms. The largest absolute Gasteiger partial charge is 0.381 e. The summed E-state index contributed by atoms with van der Waals surface area (Å²) in [7, 11) is 0. The molecule has 0 heterocycles. The van der Waals surface area contributed by atoms with Gasteiger partial charge in [0.05, 0.1) is 0 Å². The van der Waals surface area contributed by atoms with Crippen molar-refractivity contribution in [3.8, 4) is 0 Å². The van der Waals surface area contributed by atoms with Crippen molar-refractivity contribution in [3.63, 3.8) is 0 Å². The average molecular weight is 239 g/mol. The van der Waals surface area contributed by atoms with Crippen LogP contribution < -0.4 is 5.32 Å². The van der Waals surface area contributed by atoms with Crippen molar-refractivity contribution in [1.82, 2.24) is 0 Å². The van der Waals surface area contributed by atoms with Crippen LogP contribution in [0.4, 0.5) is 5.69 Å². The predicted octanol–water partition coefficient (Wildman–Crippen LogP) is 4.03. The first kappa shape index (κ1) is 12.4. The van der Waals surface area contributed by atoms with E-state index >= 15 is 0 Å². The number of carbonyl (C=O) groups excluding carboxylic acids is 1. The monoisotopic (exact) mass is 239 g/mol. The number of benzene rings is 2. The van der Waals surface area contributed by atoms with E-state index in [0.717, 1.165) is 34.1 Å². The third-order valence-corrected chi connectivity index (χ3v) is 2.84. The minimum Gasteiger partial charge on any atom is -0.381 e. The molecule has 0 saturated heterocycles. The molecule has 0 radical (unpaired) electrons. The highest BCUT2D eigenvalue weighted by molar-refractivity contribution is 5.99. The standard InChI is InChI=1S/C16H17NO/c1-11(2)10-17-16-7-6-14-8-13(12(3)18)4-5-15(14)9-16/h4-9,17H,1,10H2,2-3H3. The molecule has 2 aromatic rings. The quantitative estimate of drug-likeness (QED) is 0.644. The van der Waals surface area contributed by atoms with Crippen LogP contribution in [0.2, 0.25) is 0 Å². The molecule has 0 aliphatic heterocycles. The van der Waals surface area contributed by atoms with Crippen molar-refractivity contribution in [2.24, 2.45) is 0 Å². The van der Waals surface area contributed by atoms with Crippen LogP contribution in [0.25, 0.3) is 10.8 Å². The summed E-state index contributed by atoms with van der Waals surface area (Å²) in [5.41, 5.74) is 2.92. The van der Waals surface area contributed by atoms with E-state index in [0.29, 0.717) is 0 Å². The second-order valence-corrected chi connectivity index (χ2v) is 4.64. The smallest absolute Gasteiger partial charge is 0.159 e. The first-order valence-corrected chi connectivity index (χ1v) is 5.99. The minimum absolute atomic E-state index is 0.0985. The van der Waals surface area contributed by atoms with E-state index in [-0.39, 0.29) is 5.78 Å². The minimum atomic E-state index is 0.0985. The maximum Gasteiger partial charge on any atom is 0.159 e. The van der Waals surface area contributed by atoms with Crippen molar-refractivity contribution >= 4 is 22.2 Å². The van der Waals surface area contributed by atoms with Crippen molar-refractivity contribution in [2.75, 3.05) is 11.9 Å². The van der Waals surface area contributed by atoms with Gasteiger partial charge in [0, 0.05) is 17.8 Å². The molecular formula is C16H17NO. The summed E-state index contributed by atoms with van der Waals surface area (Å²) in [5.74, 6) is 0.0985. The fourth-order valence-electron chi connectivity index (χ4n) is 1.83. The molecule has 2 aromatic carbocycles. The van der Waals surface area contributed by atoms with Crippen LogP contribution in [0.1, 0.15) is 24.2 Å². The Kier molecular flexibility index (Phi) is 3.47. The van der Waals surface area contributed by atoms with Crippen LogP contribution in [0.5, 0.6) is 0 Å². The first-order valence-electron chi connectivity index (χ1n) is 5.99. The van der Waals surface area contributed by atoms with Crippen LogP contribution >= 0.6 is 0 Å². The lowest BCUT2D eigenvalue weighted by Gasteiger charge is -2.08. The van der Waals surface area contributed by atoms with Gasteiger partial charge in [-0.05, 0) is 42.8 Å². The summed E-state index contributed by atoms with van der Waals surface area (Å²) in [6.45, 7) is 8.22. The van der Waals surface area contributed by atoms with Crippen LogP contribution in [0.3, 0.4) is 0 Å². The molecule has 1 N–H and O–H groups in total. The number of anilines is 1. The molecular weight excluding hydrogens is 222 g/mol. The van der Waals surface area contributed by atoms with Crippen LogP contribution in [-0.2, 0) is 0 Å². The number of Topliss-reactive ketones (excluding diaryl/α,β-unsaturated/α-hetero) is 1. The van der Waals surface area contributed by atoms with E-state index in [1.807, 2.05) is 37.3 Å². The number of nitrogens with one attached hydrogen (secondary N) is 1. The number of fused-ring (bicyclic) bond motifs is 1. The zero-order chi connectivity index (χ0) is 13.1. The molecule has 2 rings (SSSR count). The maximum atomic E-state index is 11.3. The van der Waals surface area contributed by atoms with Crippen molar-refractivity contribution in [2.45, 2.75) is 13.8 Å². The normalized spacial score (nSPS) is 10.3.